The van der Waals surface area contributed by atoms with Gasteiger partial charge in [0, 0.05) is 0 Å². The minimum atomic E-state index is 0.473. The predicted molar refractivity (Wildman–Crippen MR) is 87.2 cm³/mol. The smallest absolute Gasteiger partial charge is 0.142 e. The summed E-state index contributed by atoms with van der Waals surface area (Å²) < 4.78 is 11.6. The van der Waals surface area contributed by atoms with Gasteiger partial charge in [0.15, 0.2) is 0 Å². The number of aryl methyl sites for hydroxylation is 3. The Bertz CT molecular complexity index is 635. The van der Waals surface area contributed by atoms with Crippen LogP contribution in [0.4, 0.5) is 5.69 Å². The average Bonchev–Trinajstić information content (AvgIpc) is 2.46. The zero-order chi connectivity index (χ0) is 15.4. The predicted octanol–water partition coefficient (Wildman–Crippen LogP) is 3.96. The number of hydrogen-bond acceptors (Lipinski definition) is 3. The number of ether oxygens (including phenoxy) is 2. The number of anilines is 1. The van der Waals surface area contributed by atoms with E-state index in [0.29, 0.717) is 18.9 Å². The molecule has 2 N–H and O–H groups in total. The molecule has 0 aliphatic heterocycles. The zero-order valence-electron chi connectivity index (χ0n) is 13.2. The monoisotopic (exact) mass is 285 g/mol. The molecule has 112 valence electrons. The molecule has 0 aromatic heterocycles. The molecule has 0 heterocycles. The Balaban J connectivity index is 1.94. The highest BCUT2D eigenvalue weighted by Gasteiger charge is 2.06. The van der Waals surface area contributed by atoms with Crippen LogP contribution in [0.25, 0.3) is 0 Å². The highest BCUT2D eigenvalue weighted by molar-refractivity contribution is 5.53. The maximum Gasteiger partial charge on any atom is 0.142 e. The highest BCUT2D eigenvalue weighted by Crippen LogP contribution is 2.26. The summed E-state index contributed by atoms with van der Waals surface area (Å²) in [6.07, 6.45) is 0. The number of benzene rings is 2. The summed E-state index contributed by atoms with van der Waals surface area (Å²) in [7, 11) is 0. The lowest BCUT2D eigenvalue weighted by molar-refractivity contribution is 0.216. The standard InChI is InChI=1S/C18H23NO2/c1-12-5-8-16(19)17(11-12)20-9-10-21-18-14(3)7-6-13(2)15(18)4/h5-8,11H,9-10,19H2,1-4H3. The minimum Gasteiger partial charge on any atom is -0.489 e. The quantitative estimate of drug-likeness (QED) is 0.668. The van der Waals surface area contributed by atoms with Gasteiger partial charge in [0.1, 0.15) is 24.7 Å². The molecule has 0 fully saturated rings. The van der Waals surface area contributed by atoms with Gasteiger partial charge in [-0.15, -0.1) is 0 Å². The average molecular weight is 285 g/mol. The largest absolute Gasteiger partial charge is 0.489 e. The van der Waals surface area contributed by atoms with Gasteiger partial charge < -0.3 is 15.2 Å². The summed E-state index contributed by atoms with van der Waals surface area (Å²) in [6.45, 7) is 9.21. The van der Waals surface area contributed by atoms with E-state index in [1.54, 1.807) is 0 Å². The lowest BCUT2D eigenvalue weighted by Crippen LogP contribution is -2.11. The van der Waals surface area contributed by atoms with Crippen LogP contribution in [0.2, 0.25) is 0 Å². The summed E-state index contributed by atoms with van der Waals surface area (Å²) in [5, 5.41) is 0. The van der Waals surface area contributed by atoms with Crippen LogP contribution in [0.1, 0.15) is 22.3 Å². The molecule has 3 nitrogen and oxygen atoms in total. The van der Waals surface area contributed by atoms with Gasteiger partial charge >= 0.3 is 0 Å². The normalized spacial score (nSPS) is 10.5. The molecule has 2 aromatic rings. The lowest BCUT2D eigenvalue weighted by atomic mass is 10.1. The number of nitrogens with two attached hydrogens (primary N) is 1. The molecule has 0 aliphatic carbocycles. The molecule has 0 atom stereocenters. The molecule has 0 unspecified atom stereocenters. The maximum atomic E-state index is 5.89. The van der Waals surface area contributed by atoms with E-state index in [1.165, 1.54) is 11.1 Å². The van der Waals surface area contributed by atoms with Crippen LogP contribution in [0, 0.1) is 27.7 Å². The summed E-state index contributed by atoms with van der Waals surface area (Å²) in [6, 6.07) is 9.97. The third-order valence-corrected chi connectivity index (χ3v) is 3.63. The van der Waals surface area contributed by atoms with Gasteiger partial charge in [0.25, 0.3) is 0 Å². The fraction of sp³-hybridized carbons (Fsp3) is 0.333. The molecule has 21 heavy (non-hydrogen) atoms. The van der Waals surface area contributed by atoms with Crippen LogP contribution < -0.4 is 15.2 Å². The first-order valence-electron chi connectivity index (χ1n) is 7.17. The van der Waals surface area contributed by atoms with Gasteiger partial charge in [-0.05, 0) is 62.1 Å². The van der Waals surface area contributed by atoms with E-state index in [4.69, 9.17) is 15.2 Å². The van der Waals surface area contributed by atoms with Gasteiger partial charge in [-0.3, -0.25) is 0 Å². The fourth-order valence-electron chi connectivity index (χ4n) is 2.21. The SMILES string of the molecule is Cc1ccc(N)c(OCCOc2c(C)ccc(C)c2C)c1. The Morgan fingerprint density at radius 3 is 2.29 bits per heavy atom. The van der Waals surface area contributed by atoms with E-state index >= 15 is 0 Å². The Morgan fingerprint density at radius 2 is 1.52 bits per heavy atom. The van der Waals surface area contributed by atoms with Crippen molar-refractivity contribution in [1.82, 2.24) is 0 Å². The molecule has 0 radical (unpaired) electrons. The third kappa shape index (κ3) is 3.69. The van der Waals surface area contributed by atoms with Crippen LogP contribution in [0.5, 0.6) is 11.5 Å². The van der Waals surface area contributed by atoms with Crippen molar-refractivity contribution in [3.05, 3.63) is 52.6 Å². The molecule has 0 aliphatic rings. The van der Waals surface area contributed by atoms with Crippen LogP contribution in [0.15, 0.2) is 30.3 Å². The molecule has 2 aromatic carbocycles. The van der Waals surface area contributed by atoms with Gasteiger partial charge in [-0.1, -0.05) is 18.2 Å². The minimum absolute atomic E-state index is 0.473. The molecule has 0 spiro atoms. The zero-order valence-corrected chi connectivity index (χ0v) is 13.2. The molecular weight excluding hydrogens is 262 g/mol. The van der Waals surface area contributed by atoms with Crippen LogP contribution in [-0.2, 0) is 0 Å². The first kappa shape index (κ1) is 15.2. The first-order chi connectivity index (χ1) is 9.99. The second-order valence-electron chi connectivity index (χ2n) is 5.39. The van der Waals surface area contributed by atoms with Crippen molar-refractivity contribution in [1.29, 1.82) is 0 Å². The molecule has 0 saturated heterocycles. The molecule has 2 rings (SSSR count). The van der Waals surface area contributed by atoms with Gasteiger partial charge in [0.05, 0.1) is 5.69 Å². The number of nitrogen functional groups attached to an aromatic ring is 1. The molecule has 0 saturated carbocycles. The highest BCUT2D eigenvalue weighted by atomic mass is 16.5. The van der Waals surface area contributed by atoms with Crippen molar-refractivity contribution in [2.24, 2.45) is 0 Å². The molecule has 0 bridgehead atoms. The molecule has 0 amide bonds. The van der Waals surface area contributed by atoms with Gasteiger partial charge in [-0.25, -0.2) is 0 Å². The van der Waals surface area contributed by atoms with Crippen molar-refractivity contribution in [3.63, 3.8) is 0 Å². The summed E-state index contributed by atoms with van der Waals surface area (Å²) in [5.74, 6) is 1.67. The topological polar surface area (TPSA) is 44.5 Å². The summed E-state index contributed by atoms with van der Waals surface area (Å²) >= 11 is 0. The van der Waals surface area contributed by atoms with E-state index in [9.17, 15) is 0 Å². The molecular formula is C18H23NO2. The number of hydrogen-bond donors (Lipinski definition) is 1. The Kier molecular flexibility index (Phi) is 4.73. The van der Waals surface area contributed by atoms with E-state index < -0.39 is 0 Å². The first-order valence-corrected chi connectivity index (χ1v) is 7.17. The molecule has 3 heteroatoms. The van der Waals surface area contributed by atoms with Crippen LogP contribution in [-0.4, -0.2) is 13.2 Å². The summed E-state index contributed by atoms with van der Waals surface area (Å²) in [4.78, 5) is 0. The van der Waals surface area contributed by atoms with Crippen molar-refractivity contribution >= 4 is 5.69 Å². The summed E-state index contributed by atoms with van der Waals surface area (Å²) in [5.41, 5.74) is 11.2. The van der Waals surface area contributed by atoms with E-state index in [-0.39, 0.29) is 0 Å². The maximum absolute atomic E-state index is 5.89. The van der Waals surface area contributed by atoms with Crippen molar-refractivity contribution in [2.75, 3.05) is 18.9 Å². The van der Waals surface area contributed by atoms with Crippen LogP contribution >= 0.6 is 0 Å². The fourth-order valence-corrected chi connectivity index (χ4v) is 2.21. The third-order valence-electron chi connectivity index (χ3n) is 3.63. The Labute approximate surface area is 126 Å². The Morgan fingerprint density at radius 1 is 0.857 bits per heavy atom. The Hall–Kier alpha value is -2.16. The van der Waals surface area contributed by atoms with E-state index in [0.717, 1.165) is 22.6 Å². The second-order valence-corrected chi connectivity index (χ2v) is 5.39. The number of rotatable bonds is 5. The van der Waals surface area contributed by atoms with Gasteiger partial charge in [0.2, 0.25) is 0 Å². The van der Waals surface area contributed by atoms with Crippen molar-refractivity contribution in [3.8, 4) is 11.5 Å². The van der Waals surface area contributed by atoms with Crippen molar-refractivity contribution in [2.45, 2.75) is 27.7 Å². The van der Waals surface area contributed by atoms with E-state index in [2.05, 4.69) is 32.9 Å². The lowest BCUT2D eigenvalue weighted by Gasteiger charge is -2.15. The van der Waals surface area contributed by atoms with Crippen molar-refractivity contribution < 1.29 is 9.47 Å². The second kappa shape index (κ2) is 6.53. The van der Waals surface area contributed by atoms with E-state index in [1.807, 2.05) is 25.1 Å². The van der Waals surface area contributed by atoms with Crippen LogP contribution in [0.3, 0.4) is 0 Å². The van der Waals surface area contributed by atoms with Gasteiger partial charge in [-0.2, -0.15) is 0 Å².